The summed E-state index contributed by atoms with van der Waals surface area (Å²) in [5, 5.41) is 2.89. The van der Waals surface area contributed by atoms with E-state index in [4.69, 9.17) is 4.74 Å². The number of carbonyl (C=O) groups is 1. The van der Waals surface area contributed by atoms with Crippen molar-refractivity contribution in [1.29, 1.82) is 0 Å². The van der Waals surface area contributed by atoms with Gasteiger partial charge in [0.2, 0.25) is 5.91 Å². The van der Waals surface area contributed by atoms with Crippen molar-refractivity contribution in [3.05, 3.63) is 52.5 Å². The Morgan fingerprint density at radius 1 is 1.11 bits per heavy atom. The maximum absolute atomic E-state index is 11.5. The SMILES string of the molecule is O=C1CCc2cc(Br)cc(Oc3ccccc3)c2N1. The van der Waals surface area contributed by atoms with Gasteiger partial charge >= 0.3 is 0 Å². The molecule has 19 heavy (non-hydrogen) atoms. The highest BCUT2D eigenvalue weighted by molar-refractivity contribution is 9.10. The number of ether oxygens (including phenoxy) is 1. The van der Waals surface area contributed by atoms with Crippen molar-refractivity contribution >= 4 is 27.5 Å². The number of carbonyl (C=O) groups excluding carboxylic acids is 1. The van der Waals surface area contributed by atoms with E-state index in [1.807, 2.05) is 42.5 Å². The lowest BCUT2D eigenvalue weighted by Crippen LogP contribution is -2.19. The Hall–Kier alpha value is -1.81. The summed E-state index contributed by atoms with van der Waals surface area (Å²) in [7, 11) is 0. The van der Waals surface area contributed by atoms with Crippen molar-refractivity contribution in [2.24, 2.45) is 0 Å². The first-order valence-corrected chi connectivity index (χ1v) is 6.87. The van der Waals surface area contributed by atoms with E-state index in [0.717, 1.165) is 27.9 Å². The largest absolute Gasteiger partial charge is 0.455 e. The zero-order valence-electron chi connectivity index (χ0n) is 10.2. The minimum Gasteiger partial charge on any atom is -0.455 e. The van der Waals surface area contributed by atoms with E-state index in [2.05, 4.69) is 21.2 Å². The number of aryl methyl sites for hydroxylation is 1. The molecule has 3 rings (SSSR count). The quantitative estimate of drug-likeness (QED) is 0.904. The van der Waals surface area contributed by atoms with Crippen molar-refractivity contribution in [1.82, 2.24) is 0 Å². The number of benzene rings is 2. The van der Waals surface area contributed by atoms with Gasteiger partial charge in [0.1, 0.15) is 5.75 Å². The summed E-state index contributed by atoms with van der Waals surface area (Å²) >= 11 is 3.48. The molecule has 2 aromatic rings. The molecule has 0 aromatic heterocycles. The van der Waals surface area contributed by atoms with Crippen molar-refractivity contribution < 1.29 is 9.53 Å². The van der Waals surface area contributed by atoms with Crippen LogP contribution in [0.4, 0.5) is 5.69 Å². The lowest BCUT2D eigenvalue weighted by molar-refractivity contribution is -0.116. The van der Waals surface area contributed by atoms with Gasteiger partial charge in [0.15, 0.2) is 5.75 Å². The van der Waals surface area contributed by atoms with Crippen LogP contribution >= 0.6 is 15.9 Å². The first-order valence-electron chi connectivity index (χ1n) is 6.07. The lowest BCUT2D eigenvalue weighted by atomic mass is 10.0. The summed E-state index contributed by atoms with van der Waals surface area (Å²) in [4.78, 5) is 11.5. The van der Waals surface area contributed by atoms with E-state index >= 15 is 0 Å². The molecule has 3 nitrogen and oxygen atoms in total. The number of para-hydroxylation sites is 1. The maximum Gasteiger partial charge on any atom is 0.224 e. The molecule has 0 radical (unpaired) electrons. The number of hydrogen-bond acceptors (Lipinski definition) is 2. The predicted octanol–water partition coefficient (Wildman–Crippen LogP) is 4.13. The molecule has 0 saturated carbocycles. The van der Waals surface area contributed by atoms with Gasteiger partial charge in [-0.2, -0.15) is 0 Å². The molecule has 1 amide bonds. The summed E-state index contributed by atoms with van der Waals surface area (Å²) in [6.07, 6.45) is 1.26. The fraction of sp³-hybridized carbons (Fsp3) is 0.133. The third-order valence-corrected chi connectivity index (χ3v) is 3.46. The highest BCUT2D eigenvalue weighted by Gasteiger charge is 2.20. The molecule has 96 valence electrons. The van der Waals surface area contributed by atoms with Crippen LogP contribution in [0.1, 0.15) is 12.0 Å². The van der Waals surface area contributed by atoms with E-state index in [-0.39, 0.29) is 5.91 Å². The van der Waals surface area contributed by atoms with Crippen LogP contribution in [0, 0.1) is 0 Å². The first-order chi connectivity index (χ1) is 9.22. The molecule has 2 aromatic carbocycles. The maximum atomic E-state index is 11.5. The van der Waals surface area contributed by atoms with E-state index in [1.165, 1.54) is 0 Å². The second-order valence-corrected chi connectivity index (χ2v) is 5.32. The number of rotatable bonds is 2. The average Bonchev–Trinajstić information content (AvgIpc) is 2.41. The van der Waals surface area contributed by atoms with Gasteiger partial charge in [0.05, 0.1) is 5.69 Å². The Bertz CT molecular complexity index is 626. The van der Waals surface area contributed by atoms with Crippen molar-refractivity contribution in [2.75, 3.05) is 5.32 Å². The molecule has 1 aliphatic rings. The van der Waals surface area contributed by atoms with Crippen molar-refractivity contribution in [2.45, 2.75) is 12.8 Å². The zero-order valence-corrected chi connectivity index (χ0v) is 11.7. The normalized spacial score (nSPS) is 13.6. The Balaban J connectivity index is 2.01. The smallest absolute Gasteiger partial charge is 0.224 e. The van der Waals surface area contributed by atoms with E-state index in [1.54, 1.807) is 0 Å². The molecule has 1 N–H and O–H groups in total. The molecule has 0 spiro atoms. The minimum atomic E-state index is 0.0349. The molecule has 4 heteroatoms. The van der Waals surface area contributed by atoms with Gasteiger partial charge in [-0.25, -0.2) is 0 Å². The Morgan fingerprint density at radius 2 is 1.89 bits per heavy atom. The molecule has 0 aliphatic carbocycles. The molecule has 0 bridgehead atoms. The standard InChI is InChI=1S/C15H12BrNO2/c16-11-8-10-6-7-14(18)17-15(10)13(9-11)19-12-4-2-1-3-5-12/h1-5,8-9H,6-7H2,(H,17,18). The van der Waals surface area contributed by atoms with Gasteiger partial charge in [0, 0.05) is 10.9 Å². The topological polar surface area (TPSA) is 38.3 Å². The van der Waals surface area contributed by atoms with Crippen LogP contribution in [0.2, 0.25) is 0 Å². The third-order valence-electron chi connectivity index (χ3n) is 3.01. The van der Waals surface area contributed by atoms with Gasteiger partial charge in [-0.1, -0.05) is 34.1 Å². The van der Waals surface area contributed by atoms with Crippen LogP contribution < -0.4 is 10.1 Å². The fourth-order valence-electron chi connectivity index (χ4n) is 2.12. The molecule has 0 atom stereocenters. The molecule has 1 heterocycles. The summed E-state index contributed by atoms with van der Waals surface area (Å²) in [6.45, 7) is 0. The summed E-state index contributed by atoms with van der Waals surface area (Å²) < 4.78 is 6.81. The van der Waals surface area contributed by atoms with Crippen molar-refractivity contribution in [3.8, 4) is 11.5 Å². The predicted molar refractivity (Wildman–Crippen MR) is 77.6 cm³/mol. The highest BCUT2D eigenvalue weighted by atomic mass is 79.9. The van der Waals surface area contributed by atoms with E-state index < -0.39 is 0 Å². The molecule has 0 fully saturated rings. The van der Waals surface area contributed by atoms with Crippen molar-refractivity contribution in [3.63, 3.8) is 0 Å². The van der Waals surface area contributed by atoms with Crippen LogP contribution in [-0.2, 0) is 11.2 Å². The van der Waals surface area contributed by atoms with Crippen LogP contribution in [0.15, 0.2) is 46.9 Å². The number of amides is 1. The molecular weight excluding hydrogens is 306 g/mol. The summed E-state index contributed by atoms with van der Waals surface area (Å²) in [5.41, 5.74) is 1.88. The number of nitrogens with one attached hydrogen (secondary N) is 1. The van der Waals surface area contributed by atoms with Gasteiger partial charge in [-0.05, 0) is 36.2 Å². The zero-order chi connectivity index (χ0) is 13.2. The molecule has 1 aliphatic heterocycles. The molecule has 0 unspecified atom stereocenters. The average molecular weight is 318 g/mol. The minimum absolute atomic E-state index is 0.0349. The van der Waals surface area contributed by atoms with E-state index in [9.17, 15) is 4.79 Å². The number of anilines is 1. The first kappa shape index (κ1) is 12.2. The van der Waals surface area contributed by atoms with Crippen LogP contribution in [0.5, 0.6) is 11.5 Å². The van der Waals surface area contributed by atoms with Gasteiger partial charge in [0.25, 0.3) is 0 Å². The lowest BCUT2D eigenvalue weighted by Gasteiger charge is -2.20. The number of halogens is 1. The van der Waals surface area contributed by atoms with Gasteiger partial charge in [-0.15, -0.1) is 0 Å². The Kier molecular flexibility index (Phi) is 3.25. The Labute approximate surface area is 119 Å². The van der Waals surface area contributed by atoms with E-state index in [0.29, 0.717) is 12.2 Å². The third kappa shape index (κ3) is 2.63. The highest BCUT2D eigenvalue weighted by Crippen LogP contribution is 2.38. The monoisotopic (exact) mass is 317 g/mol. The summed E-state index contributed by atoms with van der Waals surface area (Å²) in [5.74, 6) is 1.46. The summed E-state index contributed by atoms with van der Waals surface area (Å²) in [6, 6.07) is 13.4. The Morgan fingerprint density at radius 3 is 2.68 bits per heavy atom. The molecular formula is C15H12BrNO2. The van der Waals surface area contributed by atoms with Gasteiger partial charge in [-0.3, -0.25) is 4.79 Å². The van der Waals surface area contributed by atoms with Gasteiger partial charge < -0.3 is 10.1 Å². The van der Waals surface area contributed by atoms with Crippen LogP contribution in [0.3, 0.4) is 0 Å². The number of hydrogen-bond donors (Lipinski definition) is 1. The fourth-order valence-corrected chi connectivity index (χ4v) is 2.61. The molecule has 0 saturated heterocycles. The second-order valence-electron chi connectivity index (χ2n) is 4.40. The number of fused-ring (bicyclic) bond motifs is 1. The van der Waals surface area contributed by atoms with Crippen LogP contribution in [0.25, 0.3) is 0 Å². The van der Waals surface area contributed by atoms with Crippen LogP contribution in [-0.4, -0.2) is 5.91 Å². The second kappa shape index (κ2) is 5.05.